The third kappa shape index (κ3) is 3.84. The highest BCUT2D eigenvalue weighted by atomic mass is 35.5. The number of nitriles is 1. The van der Waals surface area contributed by atoms with Crippen molar-refractivity contribution in [2.45, 2.75) is 12.3 Å². The number of hydrogen-bond acceptors (Lipinski definition) is 4. The molecule has 0 bridgehead atoms. The molecule has 1 fully saturated rings. The van der Waals surface area contributed by atoms with Gasteiger partial charge in [-0.2, -0.15) is 5.26 Å². The number of rotatable bonds is 5. The minimum absolute atomic E-state index is 0.150. The van der Waals surface area contributed by atoms with Crippen molar-refractivity contribution in [1.82, 2.24) is 10.3 Å². The van der Waals surface area contributed by atoms with Gasteiger partial charge in [0.1, 0.15) is 11.9 Å². The first-order valence-electron chi connectivity index (χ1n) is 7.82. The topological polar surface area (TPSA) is 57.9 Å². The van der Waals surface area contributed by atoms with Crippen molar-refractivity contribution in [2.75, 3.05) is 19.7 Å². The van der Waals surface area contributed by atoms with Gasteiger partial charge in [-0.1, -0.05) is 17.7 Å². The van der Waals surface area contributed by atoms with Gasteiger partial charge in [0.15, 0.2) is 0 Å². The molecule has 24 heavy (non-hydrogen) atoms. The summed E-state index contributed by atoms with van der Waals surface area (Å²) in [6.45, 7) is 2.22. The maximum absolute atomic E-state index is 13.7. The Bertz CT molecular complexity index is 745. The Labute approximate surface area is 145 Å². The van der Waals surface area contributed by atoms with Gasteiger partial charge in [0.25, 0.3) is 0 Å². The van der Waals surface area contributed by atoms with Crippen LogP contribution in [-0.2, 0) is 0 Å². The second-order valence-electron chi connectivity index (χ2n) is 5.83. The SMILES string of the molecule is N#Cc1ccc(OCC[C@H]2CNC[C@@H]2c2ccc(Cl)c(F)c2)nc1. The van der Waals surface area contributed by atoms with Crippen LogP contribution < -0.4 is 10.1 Å². The second kappa shape index (κ2) is 7.61. The third-order valence-electron chi connectivity index (χ3n) is 4.32. The summed E-state index contributed by atoms with van der Waals surface area (Å²) in [6, 6.07) is 10.4. The van der Waals surface area contributed by atoms with Gasteiger partial charge in [-0.05, 0) is 42.6 Å². The van der Waals surface area contributed by atoms with E-state index in [1.807, 2.05) is 12.1 Å². The molecule has 0 radical (unpaired) electrons. The summed E-state index contributed by atoms with van der Waals surface area (Å²) in [7, 11) is 0. The first-order valence-corrected chi connectivity index (χ1v) is 8.20. The van der Waals surface area contributed by atoms with Crippen molar-refractivity contribution in [2.24, 2.45) is 5.92 Å². The molecule has 2 heterocycles. The predicted octanol–water partition coefficient (Wildman–Crippen LogP) is 3.52. The summed E-state index contributed by atoms with van der Waals surface area (Å²) in [4.78, 5) is 4.09. The van der Waals surface area contributed by atoms with Crippen LogP contribution in [0.3, 0.4) is 0 Å². The molecule has 0 amide bonds. The van der Waals surface area contributed by atoms with Crippen LogP contribution in [0.2, 0.25) is 5.02 Å². The number of ether oxygens (including phenoxy) is 1. The van der Waals surface area contributed by atoms with Gasteiger partial charge in [0.2, 0.25) is 5.88 Å². The van der Waals surface area contributed by atoms with Crippen molar-refractivity contribution < 1.29 is 9.13 Å². The van der Waals surface area contributed by atoms with Gasteiger partial charge in [0, 0.05) is 24.7 Å². The van der Waals surface area contributed by atoms with E-state index in [1.54, 1.807) is 18.2 Å². The molecule has 0 aliphatic carbocycles. The van der Waals surface area contributed by atoms with Crippen molar-refractivity contribution >= 4 is 11.6 Å². The minimum atomic E-state index is -0.377. The quantitative estimate of drug-likeness (QED) is 0.900. The van der Waals surface area contributed by atoms with Crippen LogP contribution in [0.1, 0.15) is 23.5 Å². The van der Waals surface area contributed by atoms with E-state index >= 15 is 0 Å². The van der Waals surface area contributed by atoms with Crippen molar-refractivity contribution in [3.63, 3.8) is 0 Å². The van der Waals surface area contributed by atoms with Crippen LogP contribution >= 0.6 is 11.6 Å². The summed E-state index contributed by atoms with van der Waals surface area (Å²) >= 11 is 5.76. The fraction of sp³-hybridized carbons (Fsp3) is 0.333. The average Bonchev–Trinajstić information content (AvgIpc) is 3.06. The Morgan fingerprint density at radius 3 is 2.92 bits per heavy atom. The van der Waals surface area contributed by atoms with E-state index in [2.05, 4.69) is 10.3 Å². The summed E-state index contributed by atoms with van der Waals surface area (Å²) in [6.07, 6.45) is 2.33. The smallest absolute Gasteiger partial charge is 0.213 e. The molecular weight excluding hydrogens is 329 g/mol. The lowest BCUT2D eigenvalue weighted by Crippen LogP contribution is -2.15. The van der Waals surface area contributed by atoms with Crippen LogP contribution in [0.25, 0.3) is 0 Å². The number of benzene rings is 1. The van der Waals surface area contributed by atoms with E-state index in [4.69, 9.17) is 21.6 Å². The lowest BCUT2D eigenvalue weighted by atomic mass is 9.87. The van der Waals surface area contributed by atoms with Crippen LogP contribution in [0.15, 0.2) is 36.5 Å². The zero-order valence-electron chi connectivity index (χ0n) is 13.0. The lowest BCUT2D eigenvalue weighted by molar-refractivity contribution is 0.267. The van der Waals surface area contributed by atoms with Gasteiger partial charge >= 0.3 is 0 Å². The number of pyridine rings is 1. The number of nitrogens with zero attached hydrogens (tertiary/aromatic N) is 2. The van der Waals surface area contributed by atoms with E-state index in [0.717, 1.165) is 25.1 Å². The predicted molar refractivity (Wildman–Crippen MR) is 89.6 cm³/mol. The third-order valence-corrected chi connectivity index (χ3v) is 4.62. The standard InChI is InChI=1S/C18H17ClFN3O/c19-16-3-2-13(7-17(16)20)15-11-22-10-14(15)5-6-24-18-4-1-12(8-21)9-23-18/h1-4,7,9,14-15,22H,5-6,10-11H2/t14-,15+/m0/s1. The molecule has 2 atom stereocenters. The molecule has 6 heteroatoms. The molecule has 1 saturated heterocycles. The molecule has 1 aliphatic heterocycles. The van der Waals surface area contributed by atoms with Gasteiger partial charge in [-0.25, -0.2) is 9.37 Å². The van der Waals surface area contributed by atoms with E-state index in [1.165, 1.54) is 12.3 Å². The van der Waals surface area contributed by atoms with Crippen LogP contribution in [-0.4, -0.2) is 24.7 Å². The number of aromatic nitrogens is 1. The van der Waals surface area contributed by atoms with Crippen molar-refractivity contribution in [3.8, 4) is 11.9 Å². The molecule has 4 nitrogen and oxygen atoms in total. The van der Waals surface area contributed by atoms with E-state index < -0.39 is 0 Å². The molecule has 1 aromatic carbocycles. The fourth-order valence-corrected chi connectivity index (χ4v) is 3.13. The molecular formula is C18H17ClFN3O. The van der Waals surface area contributed by atoms with Crippen LogP contribution in [0, 0.1) is 23.1 Å². The normalized spacial score (nSPS) is 19.9. The Balaban J connectivity index is 1.57. The first-order chi connectivity index (χ1) is 11.7. The Morgan fingerprint density at radius 2 is 2.21 bits per heavy atom. The minimum Gasteiger partial charge on any atom is -0.478 e. The molecule has 0 spiro atoms. The maximum Gasteiger partial charge on any atom is 0.213 e. The number of hydrogen-bond donors (Lipinski definition) is 1. The lowest BCUT2D eigenvalue weighted by Gasteiger charge is -2.19. The van der Waals surface area contributed by atoms with Crippen LogP contribution in [0.5, 0.6) is 5.88 Å². The highest BCUT2D eigenvalue weighted by Crippen LogP contribution is 2.32. The second-order valence-corrected chi connectivity index (χ2v) is 6.24. The van der Waals surface area contributed by atoms with Gasteiger partial charge < -0.3 is 10.1 Å². The zero-order valence-corrected chi connectivity index (χ0v) is 13.8. The first kappa shape index (κ1) is 16.7. The molecule has 0 unspecified atom stereocenters. The zero-order chi connectivity index (χ0) is 16.9. The summed E-state index contributed by atoms with van der Waals surface area (Å²) in [5.74, 6) is 0.741. The number of halogens is 2. The van der Waals surface area contributed by atoms with E-state index in [-0.39, 0.29) is 16.8 Å². The highest BCUT2D eigenvalue weighted by Gasteiger charge is 2.28. The number of nitrogens with one attached hydrogen (secondary N) is 1. The van der Waals surface area contributed by atoms with Gasteiger partial charge in [0.05, 0.1) is 17.2 Å². The van der Waals surface area contributed by atoms with Crippen LogP contribution in [0.4, 0.5) is 4.39 Å². The van der Waals surface area contributed by atoms with Crippen molar-refractivity contribution in [1.29, 1.82) is 5.26 Å². The molecule has 3 rings (SSSR count). The summed E-state index contributed by atoms with van der Waals surface area (Å²) in [5, 5.41) is 12.3. The highest BCUT2D eigenvalue weighted by molar-refractivity contribution is 6.30. The van der Waals surface area contributed by atoms with Gasteiger partial charge in [-0.3, -0.25) is 0 Å². The Hall–Kier alpha value is -2.16. The van der Waals surface area contributed by atoms with E-state index in [0.29, 0.717) is 24.0 Å². The largest absolute Gasteiger partial charge is 0.478 e. The average molecular weight is 346 g/mol. The Morgan fingerprint density at radius 1 is 1.33 bits per heavy atom. The molecule has 1 N–H and O–H groups in total. The molecule has 124 valence electrons. The molecule has 1 aliphatic rings. The summed E-state index contributed by atoms with van der Waals surface area (Å²) in [5.41, 5.74) is 1.47. The molecule has 1 aromatic heterocycles. The molecule has 2 aromatic rings. The maximum atomic E-state index is 13.7. The van der Waals surface area contributed by atoms with Gasteiger partial charge in [-0.15, -0.1) is 0 Å². The van der Waals surface area contributed by atoms with Crippen molar-refractivity contribution in [3.05, 3.63) is 58.5 Å². The fourth-order valence-electron chi connectivity index (χ4n) is 3.02. The monoisotopic (exact) mass is 345 g/mol. The Kier molecular flexibility index (Phi) is 5.29. The molecule has 0 saturated carbocycles. The van der Waals surface area contributed by atoms with E-state index in [9.17, 15) is 4.39 Å². The summed E-state index contributed by atoms with van der Waals surface area (Å²) < 4.78 is 19.3.